The monoisotopic (exact) mass is 298 g/mol. The second-order valence-corrected chi connectivity index (χ2v) is 6.73. The van der Waals surface area contributed by atoms with E-state index in [1.807, 2.05) is 30.4 Å². The van der Waals surface area contributed by atoms with Crippen LogP contribution in [0.15, 0.2) is 0 Å². The molecule has 0 amide bonds. The molecule has 0 atom stereocenters. The van der Waals surface area contributed by atoms with E-state index in [1.54, 1.807) is 0 Å². The summed E-state index contributed by atoms with van der Waals surface area (Å²) in [4.78, 5) is 0.422. The normalized spacial score (nSPS) is 23.3. The molecule has 1 aromatic heterocycles. The number of aromatic nitrogens is 2. The van der Waals surface area contributed by atoms with Crippen molar-refractivity contribution in [3.8, 4) is 0 Å². The highest BCUT2D eigenvalue weighted by atomic mass is 32.2. The lowest BCUT2D eigenvalue weighted by atomic mass is 9.95. The standard InChI is InChI=1S/C13H22N4S2/c1-8-11(12(14)18)13(17(2)16-8)15-9-4-6-10(19-3)7-5-9/h9-10,15H,4-7H2,1-3H3,(H2,14,18). The smallest absolute Gasteiger partial charge is 0.134 e. The van der Waals surface area contributed by atoms with E-state index < -0.39 is 0 Å². The minimum atomic E-state index is 0.422. The van der Waals surface area contributed by atoms with Gasteiger partial charge >= 0.3 is 0 Å². The molecular weight excluding hydrogens is 276 g/mol. The zero-order valence-corrected chi connectivity index (χ0v) is 13.4. The topological polar surface area (TPSA) is 55.9 Å². The van der Waals surface area contributed by atoms with E-state index >= 15 is 0 Å². The van der Waals surface area contributed by atoms with Crippen LogP contribution in [0.4, 0.5) is 5.82 Å². The quantitative estimate of drug-likeness (QED) is 0.836. The third-order valence-electron chi connectivity index (χ3n) is 3.82. The Labute approximate surface area is 124 Å². The van der Waals surface area contributed by atoms with Crippen LogP contribution in [0.3, 0.4) is 0 Å². The predicted octanol–water partition coefficient (Wildman–Crippen LogP) is 2.45. The molecule has 3 N–H and O–H groups in total. The molecule has 1 aromatic rings. The van der Waals surface area contributed by atoms with Gasteiger partial charge in [-0.3, -0.25) is 4.68 Å². The second kappa shape index (κ2) is 6.13. The summed E-state index contributed by atoms with van der Waals surface area (Å²) in [6.45, 7) is 1.95. The molecule has 106 valence electrons. The summed E-state index contributed by atoms with van der Waals surface area (Å²) in [5.41, 5.74) is 7.60. The summed E-state index contributed by atoms with van der Waals surface area (Å²) in [7, 11) is 1.94. The summed E-state index contributed by atoms with van der Waals surface area (Å²) in [5.74, 6) is 0.970. The fourth-order valence-corrected chi connectivity index (χ4v) is 3.74. The van der Waals surface area contributed by atoms with Crippen molar-refractivity contribution in [1.29, 1.82) is 0 Å². The highest BCUT2D eigenvalue weighted by Crippen LogP contribution is 2.29. The highest BCUT2D eigenvalue weighted by molar-refractivity contribution is 7.99. The lowest BCUT2D eigenvalue weighted by Gasteiger charge is -2.29. The van der Waals surface area contributed by atoms with Crippen LogP contribution in [0.25, 0.3) is 0 Å². The van der Waals surface area contributed by atoms with E-state index in [0.29, 0.717) is 11.0 Å². The van der Waals surface area contributed by atoms with Crippen LogP contribution in [-0.2, 0) is 7.05 Å². The molecule has 1 heterocycles. The number of anilines is 1. The second-order valence-electron chi connectivity index (χ2n) is 5.15. The maximum atomic E-state index is 5.81. The first-order valence-electron chi connectivity index (χ1n) is 6.65. The molecule has 2 rings (SSSR count). The largest absolute Gasteiger partial charge is 0.389 e. The van der Waals surface area contributed by atoms with Gasteiger partial charge in [-0.15, -0.1) is 0 Å². The molecule has 19 heavy (non-hydrogen) atoms. The van der Waals surface area contributed by atoms with Gasteiger partial charge in [-0.25, -0.2) is 0 Å². The fraction of sp³-hybridized carbons (Fsp3) is 0.692. The van der Waals surface area contributed by atoms with E-state index in [0.717, 1.165) is 22.3 Å². The first-order valence-corrected chi connectivity index (χ1v) is 8.35. The van der Waals surface area contributed by atoms with Crippen molar-refractivity contribution in [1.82, 2.24) is 9.78 Å². The fourth-order valence-electron chi connectivity index (χ4n) is 2.75. The van der Waals surface area contributed by atoms with Gasteiger partial charge in [-0.2, -0.15) is 16.9 Å². The van der Waals surface area contributed by atoms with Crippen molar-refractivity contribution in [2.24, 2.45) is 12.8 Å². The number of thioether (sulfide) groups is 1. The van der Waals surface area contributed by atoms with Crippen molar-refractivity contribution in [3.05, 3.63) is 11.3 Å². The molecule has 4 nitrogen and oxygen atoms in total. The molecule has 1 fully saturated rings. The number of thiocarbonyl (C=S) groups is 1. The minimum Gasteiger partial charge on any atom is -0.389 e. The average molecular weight is 298 g/mol. The molecule has 0 radical (unpaired) electrons. The van der Waals surface area contributed by atoms with Crippen molar-refractivity contribution in [2.75, 3.05) is 11.6 Å². The zero-order valence-electron chi connectivity index (χ0n) is 11.8. The van der Waals surface area contributed by atoms with Gasteiger partial charge in [0.1, 0.15) is 10.8 Å². The first kappa shape index (κ1) is 14.7. The molecule has 0 spiro atoms. The van der Waals surface area contributed by atoms with Crippen LogP contribution in [0.2, 0.25) is 0 Å². The van der Waals surface area contributed by atoms with Gasteiger partial charge in [0, 0.05) is 18.3 Å². The SMILES string of the molecule is CSC1CCC(Nc2c(C(N)=S)c(C)nn2C)CC1. The molecule has 1 saturated carbocycles. The molecule has 0 aliphatic heterocycles. The van der Waals surface area contributed by atoms with Gasteiger partial charge in [-0.1, -0.05) is 12.2 Å². The molecule has 6 heteroatoms. The molecule has 1 aliphatic rings. The Balaban J connectivity index is 2.09. The highest BCUT2D eigenvalue weighted by Gasteiger charge is 2.23. The Bertz CT molecular complexity index is 461. The summed E-state index contributed by atoms with van der Waals surface area (Å²) in [6.07, 6.45) is 7.16. The van der Waals surface area contributed by atoms with Crippen LogP contribution in [0.1, 0.15) is 36.9 Å². The lowest BCUT2D eigenvalue weighted by Crippen LogP contribution is -2.29. The predicted molar refractivity (Wildman–Crippen MR) is 87.0 cm³/mol. The summed E-state index contributed by atoms with van der Waals surface area (Å²) >= 11 is 7.12. The van der Waals surface area contributed by atoms with Crippen molar-refractivity contribution in [3.63, 3.8) is 0 Å². The lowest BCUT2D eigenvalue weighted by molar-refractivity contribution is 0.470. The van der Waals surface area contributed by atoms with Crippen LogP contribution >= 0.6 is 24.0 Å². The molecular formula is C13H22N4S2. The van der Waals surface area contributed by atoms with Gasteiger partial charge in [0.2, 0.25) is 0 Å². The Morgan fingerprint density at radius 2 is 2.05 bits per heavy atom. The molecule has 0 aromatic carbocycles. The Morgan fingerprint density at radius 1 is 1.42 bits per heavy atom. The number of nitrogens with zero attached hydrogens (tertiary/aromatic N) is 2. The Morgan fingerprint density at radius 3 is 2.58 bits per heavy atom. The number of nitrogens with one attached hydrogen (secondary N) is 1. The number of hydrogen-bond donors (Lipinski definition) is 2. The number of aryl methyl sites for hydroxylation is 2. The molecule has 0 bridgehead atoms. The van der Waals surface area contributed by atoms with E-state index in [9.17, 15) is 0 Å². The van der Waals surface area contributed by atoms with Crippen molar-refractivity contribution >= 4 is 34.8 Å². The average Bonchev–Trinajstić information content (AvgIpc) is 2.65. The molecule has 0 unspecified atom stereocenters. The van der Waals surface area contributed by atoms with Gasteiger partial charge in [0.05, 0.1) is 11.3 Å². The van der Waals surface area contributed by atoms with Gasteiger partial charge in [0.25, 0.3) is 0 Å². The summed E-state index contributed by atoms with van der Waals surface area (Å²) in [6, 6.07) is 0.506. The van der Waals surface area contributed by atoms with Gasteiger partial charge in [0.15, 0.2) is 0 Å². The number of rotatable bonds is 4. The van der Waals surface area contributed by atoms with Crippen LogP contribution in [0, 0.1) is 6.92 Å². The van der Waals surface area contributed by atoms with Gasteiger partial charge in [-0.05, 0) is 38.9 Å². The summed E-state index contributed by atoms with van der Waals surface area (Å²) < 4.78 is 1.85. The number of hydrogen-bond acceptors (Lipinski definition) is 4. The maximum absolute atomic E-state index is 5.81. The van der Waals surface area contributed by atoms with Crippen LogP contribution in [0.5, 0.6) is 0 Å². The van der Waals surface area contributed by atoms with E-state index in [4.69, 9.17) is 18.0 Å². The zero-order chi connectivity index (χ0) is 14.0. The number of nitrogens with two attached hydrogens (primary N) is 1. The third-order valence-corrected chi connectivity index (χ3v) is 5.16. The van der Waals surface area contributed by atoms with Crippen LogP contribution < -0.4 is 11.1 Å². The van der Waals surface area contributed by atoms with Gasteiger partial charge < -0.3 is 11.1 Å². The Kier molecular flexibility index (Phi) is 4.73. The van der Waals surface area contributed by atoms with Crippen LogP contribution in [-0.4, -0.2) is 32.3 Å². The molecule has 0 saturated heterocycles. The summed E-state index contributed by atoms with van der Waals surface area (Å²) in [5, 5.41) is 8.82. The van der Waals surface area contributed by atoms with E-state index in [1.165, 1.54) is 25.7 Å². The van der Waals surface area contributed by atoms with Crippen molar-refractivity contribution < 1.29 is 0 Å². The van der Waals surface area contributed by atoms with E-state index in [2.05, 4.69) is 16.7 Å². The Hall–Kier alpha value is -0.750. The molecule has 1 aliphatic carbocycles. The van der Waals surface area contributed by atoms with Crippen molar-refractivity contribution in [2.45, 2.75) is 43.9 Å². The third kappa shape index (κ3) is 3.23. The van der Waals surface area contributed by atoms with E-state index in [-0.39, 0.29) is 0 Å². The first-order chi connectivity index (χ1) is 9.02. The maximum Gasteiger partial charge on any atom is 0.134 e. The minimum absolute atomic E-state index is 0.422.